The van der Waals surface area contributed by atoms with Crippen molar-refractivity contribution in [3.05, 3.63) is 41.5 Å². The van der Waals surface area contributed by atoms with Crippen LogP contribution in [0.3, 0.4) is 0 Å². The third-order valence-electron chi connectivity index (χ3n) is 9.14. The summed E-state index contributed by atoms with van der Waals surface area (Å²) in [6, 6.07) is 2.89. The Labute approximate surface area is 322 Å². The Morgan fingerprint density at radius 3 is 2.30 bits per heavy atom. The molecule has 0 saturated carbocycles. The van der Waals surface area contributed by atoms with Crippen LogP contribution in [-0.2, 0) is 66.1 Å². The summed E-state index contributed by atoms with van der Waals surface area (Å²) in [4.78, 5) is 76.8. The average molecular weight is 814 g/mol. The molecule has 4 rings (SSSR count). The molecule has 0 radical (unpaired) electrons. The lowest BCUT2D eigenvalue weighted by molar-refractivity contribution is -0.271. The maximum absolute atomic E-state index is 13.3. The van der Waals surface area contributed by atoms with Gasteiger partial charge in [-0.3, -0.25) is 33.4 Å². The van der Waals surface area contributed by atoms with Gasteiger partial charge in [0.15, 0.2) is 6.10 Å². The van der Waals surface area contributed by atoms with Gasteiger partial charge in [0.2, 0.25) is 18.1 Å². The van der Waals surface area contributed by atoms with Gasteiger partial charge >= 0.3 is 11.9 Å². The van der Waals surface area contributed by atoms with Gasteiger partial charge in [0.1, 0.15) is 36.7 Å². The molecule has 3 aliphatic rings. The van der Waals surface area contributed by atoms with Crippen LogP contribution in [0.4, 0.5) is 0 Å². The van der Waals surface area contributed by atoms with Crippen molar-refractivity contribution in [2.24, 2.45) is 5.41 Å². The normalized spacial score (nSPS) is 25.5. The summed E-state index contributed by atoms with van der Waals surface area (Å²) in [5, 5.41) is 43.0. The lowest BCUT2D eigenvalue weighted by atomic mass is 9.97. The van der Waals surface area contributed by atoms with Crippen LogP contribution in [0, 0.1) is 5.41 Å². The highest BCUT2D eigenvalue weighted by atomic mass is 32.2. The summed E-state index contributed by atoms with van der Waals surface area (Å²) in [5.74, 6) is -5.36. The first kappa shape index (κ1) is 44.2. The topological polar surface area (TPSA) is 293 Å². The Morgan fingerprint density at radius 2 is 1.68 bits per heavy atom. The molecule has 7 atom stereocenters. The molecular formula is C35H47N3O17S. The van der Waals surface area contributed by atoms with Gasteiger partial charge in [-0.1, -0.05) is 12.1 Å². The molecule has 20 nitrogen and oxygen atoms in total. The van der Waals surface area contributed by atoms with E-state index in [4.69, 9.17) is 23.5 Å². The second-order valence-electron chi connectivity index (χ2n) is 14.5. The number of aryl methyl sites for hydroxylation is 1. The zero-order valence-electron chi connectivity index (χ0n) is 30.9. The van der Waals surface area contributed by atoms with Gasteiger partial charge in [-0.25, -0.2) is 4.79 Å². The number of carbonyl (C=O) groups excluding carboxylic acids is 5. The van der Waals surface area contributed by atoms with Crippen molar-refractivity contribution in [2.45, 2.75) is 95.9 Å². The Hall–Kier alpha value is -4.51. The number of aliphatic hydroxyl groups excluding tert-OH is 3. The molecule has 21 heteroatoms. The van der Waals surface area contributed by atoms with Gasteiger partial charge in [0, 0.05) is 30.7 Å². The monoisotopic (exact) mass is 813 g/mol. The first-order valence-electron chi connectivity index (χ1n) is 17.7. The number of aliphatic hydroxyl groups is 3. The van der Waals surface area contributed by atoms with Crippen molar-refractivity contribution in [1.82, 2.24) is 15.1 Å². The van der Waals surface area contributed by atoms with Crippen molar-refractivity contribution in [1.29, 1.82) is 0 Å². The molecule has 56 heavy (non-hydrogen) atoms. The predicted octanol–water partition coefficient (Wildman–Crippen LogP) is -1.72. The minimum atomic E-state index is -4.31. The fourth-order valence-corrected chi connectivity index (χ4v) is 6.38. The average Bonchev–Trinajstić information content (AvgIpc) is 3.60. The summed E-state index contributed by atoms with van der Waals surface area (Å²) in [6.45, 7) is 3.84. The number of carbonyl (C=O) groups is 6. The number of nitrogens with one attached hydrogen (secondary N) is 1. The van der Waals surface area contributed by atoms with Crippen LogP contribution < -0.4 is 10.1 Å². The number of unbranched alkanes of at least 4 members (excludes halogenated alkanes) is 1. The first-order chi connectivity index (χ1) is 26.2. The number of rotatable bonds is 18. The largest absolute Gasteiger partial charge is 0.479 e. The molecule has 0 unspecified atom stereocenters. The van der Waals surface area contributed by atoms with E-state index in [0.717, 1.165) is 22.0 Å². The Morgan fingerprint density at radius 1 is 1.00 bits per heavy atom. The second kappa shape index (κ2) is 18.6. The fraction of sp³-hybridized carbons (Fsp3) is 0.600. The molecule has 0 bridgehead atoms. The number of likely N-dealkylation sites (tertiary alicyclic amines) is 1. The van der Waals surface area contributed by atoms with Crippen molar-refractivity contribution in [2.75, 3.05) is 32.1 Å². The number of ether oxygens (including phenoxy) is 4. The number of benzene rings is 1. The molecule has 0 spiro atoms. The number of hydrogen-bond donors (Lipinski definition) is 6. The zero-order valence-corrected chi connectivity index (χ0v) is 31.8. The van der Waals surface area contributed by atoms with Gasteiger partial charge in [0.25, 0.3) is 21.9 Å². The van der Waals surface area contributed by atoms with Crippen LogP contribution in [0.15, 0.2) is 30.4 Å². The number of amides is 4. The number of imide groups is 1. The van der Waals surface area contributed by atoms with Gasteiger partial charge in [-0.2, -0.15) is 8.42 Å². The van der Waals surface area contributed by atoms with Crippen molar-refractivity contribution in [3.8, 4) is 5.75 Å². The van der Waals surface area contributed by atoms with Crippen LogP contribution in [0.1, 0.15) is 51.2 Å². The summed E-state index contributed by atoms with van der Waals surface area (Å²) in [6.07, 6.45) is -5.93. The molecule has 4 amide bonds. The fourth-order valence-electron chi connectivity index (χ4n) is 6.05. The molecule has 2 saturated heterocycles. The van der Waals surface area contributed by atoms with Crippen molar-refractivity contribution >= 4 is 45.7 Å². The third kappa shape index (κ3) is 11.5. The molecule has 2 fully saturated rings. The standard InChI is InChI=1S/C35H47N3O17S/c1-35(2,3)34(48)53-17-20-8-7-19(14-23(20)54-33-29(44)27(42)28(43)30(55-33)32(46)47)6-4-5-11-36-24(39)16-37-21(18-52-12-13-56(49,50)51)15-22(31(37)45)38-25(40)9-10-26(38)41/h7-10,14,21-22,27-30,33,42-44H,4-6,11-13,15-18H2,1-3H3,(H,36,39)(H,46,47)(H,49,50,51)/t21-,22-,27-,28-,29+,30-,33+/m0/s1. The summed E-state index contributed by atoms with van der Waals surface area (Å²) < 4.78 is 52.9. The van der Waals surface area contributed by atoms with Crippen molar-refractivity contribution in [3.63, 3.8) is 0 Å². The van der Waals surface area contributed by atoms with Crippen LogP contribution in [-0.4, -0.2) is 154 Å². The number of carboxylic acid groups (broad SMARTS) is 1. The highest BCUT2D eigenvalue weighted by Gasteiger charge is 2.49. The minimum Gasteiger partial charge on any atom is -0.479 e. The summed E-state index contributed by atoms with van der Waals surface area (Å²) in [5.41, 5.74) is 0.192. The summed E-state index contributed by atoms with van der Waals surface area (Å²) >= 11 is 0. The predicted molar refractivity (Wildman–Crippen MR) is 189 cm³/mol. The molecule has 0 aliphatic carbocycles. The van der Waals surface area contributed by atoms with Crippen LogP contribution in [0.25, 0.3) is 0 Å². The van der Waals surface area contributed by atoms with Gasteiger partial charge < -0.3 is 49.6 Å². The van der Waals surface area contributed by atoms with E-state index in [2.05, 4.69) is 5.32 Å². The van der Waals surface area contributed by atoms with E-state index in [0.29, 0.717) is 30.4 Å². The SMILES string of the molecule is CC(C)(C)C(=O)OCc1ccc(CCCCNC(=O)CN2C(=O)[C@@H](N3C(=O)C=CC3=O)C[C@H]2COCCS(=O)(=O)O)cc1O[C@@H]1O[C@H](C(=O)O)[C@@H](O)[C@H](O)[C@H]1O. The van der Waals surface area contributed by atoms with E-state index < -0.39 is 113 Å². The van der Waals surface area contributed by atoms with Crippen molar-refractivity contribution < 1.29 is 81.1 Å². The first-order valence-corrected chi connectivity index (χ1v) is 19.3. The molecule has 1 aromatic carbocycles. The Balaban J connectivity index is 1.36. The molecule has 3 heterocycles. The van der Waals surface area contributed by atoms with E-state index in [1.165, 1.54) is 0 Å². The van der Waals surface area contributed by atoms with E-state index >= 15 is 0 Å². The van der Waals surface area contributed by atoms with E-state index in [1.807, 2.05) is 0 Å². The van der Waals surface area contributed by atoms with E-state index in [-0.39, 0.29) is 31.9 Å². The molecule has 0 aromatic heterocycles. The molecule has 3 aliphatic heterocycles. The Bertz CT molecular complexity index is 1780. The molecule has 6 N–H and O–H groups in total. The maximum Gasteiger partial charge on any atom is 0.335 e. The number of esters is 1. The number of carboxylic acids is 1. The second-order valence-corrected chi connectivity index (χ2v) is 16.1. The van der Waals surface area contributed by atoms with Crippen LogP contribution >= 0.6 is 0 Å². The maximum atomic E-state index is 13.3. The Kier molecular flexibility index (Phi) is 14.7. The van der Waals surface area contributed by atoms with E-state index in [1.54, 1.807) is 39.0 Å². The lowest BCUT2D eigenvalue weighted by Crippen LogP contribution is -2.61. The third-order valence-corrected chi connectivity index (χ3v) is 9.82. The number of hydrogen-bond acceptors (Lipinski definition) is 15. The van der Waals surface area contributed by atoms with Crippen LogP contribution in [0.5, 0.6) is 5.75 Å². The quantitative estimate of drug-likeness (QED) is 0.0416. The minimum absolute atomic E-state index is 0.0486. The highest BCUT2D eigenvalue weighted by molar-refractivity contribution is 7.85. The molecule has 1 aromatic rings. The number of nitrogens with zero attached hydrogens (tertiary/aromatic N) is 2. The highest BCUT2D eigenvalue weighted by Crippen LogP contribution is 2.30. The van der Waals surface area contributed by atoms with Gasteiger partial charge in [-0.15, -0.1) is 0 Å². The van der Waals surface area contributed by atoms with E-state index in [9.17, 15) is 57.6 Å². The zero-order chi connectivity index (χ0) is 41.5. The van der Waals surface area contributed by atoms with Gasteiger partial charge in [0.05, 0.1) is 37.0 Å². The lowest BCUT2D eigenvalue weighted by Gasteiger charge is -2.38. The van der Waals surface area contributed by atoms with Crippen LogP contribution in [0.2, 0.25) is 0 Å². The van der Waals surface area contributed by atoms with Gasteiger partial charge in [-0.05, 0) is 51.7 Å². The number of aliphatic carboxylic acids is 1. The summed E-state index contributed by atoms with van der Waals surface area (Å²) in [7, 11) is -4.31. The smallest absolute Gasteiger partial charge is 0.335 e. The molecular weight excluding hydrogens is 766 g/mol. The molecule has 310 valence electrons.